The van der Waals surface area contributed by atoms with Crippen molar-refractivity contribution in [2.45, 2.75) is 57.2 Å². The predicted octanol–water partition coefficient (Wildman–Crippen LogP) is 7.16. The fraction of sp³-hybridized carbons (Fsp3) is 0.355. The molecule has 4 rings (SSSR count). The highest BCUT2D eigenvalue weighted by Crippen LogP contribution is 2.31. The van der Waals surface area contributed by atoms with Gasteiger partial charge in [0, 0.05) is 24.0 Å². The number of amides is 2. The van der Waals surface area contributed by atoms with E-state index in [1.807, 2.05) is 30.3 Å². The first-order valence-corrected chi connectivity index (χ1v) is 17.3. The van der Waals surface area contributed by atoms with Crippen LogP contribution in [0, 0.1) is 0 Å². The Hall–Kier alpha value is -2.49. The number of sulfonamides is 1. The van der Waals surface area contributed by atoms with Crippen LogP contribution in [0.3, 0.4) is 0 Å². The maximum atomic E-state index is 14.3. The lowest BCUT2D eigenvalue weighted by Crippen LogP contribution is -2.55. The number of anilines is 1. The third kappa shape index (κ3) is 9.25. The molecule has 1 aliphatic rings. The number of carbonyl (C=O) groups is 2. The molecule has 230 valence electrons. The van der Waals surface area contributed by atoms with Gasteiger partial charge in [0.25, 0.3) is 0 Å². The molecule has 12 heteroatoms. The molecular formula is C31H33Cl4N3O4S. The molecule has 0 saturated heterocycles. The van der Waals surface area contributed by atoms with Crippen LogP contribution in [0.4, 0.5) is 5.69 Å². The number of carbonyl (C=O) groups excluding carboxylic acids is 2. The molecule has 1 aliphatic carbocycles. The Morgan fingerprint density at radius 3 is 2.19 bits per heavy atom. The van der Waals surface area contributed by atoms with Gasteiger partial charge in [0.1, 0.15) is 12.6 Å². The van der Waals surface area contributed by atoms with Crippen molar-refractivity contribution in [2.75, 3.05) is 17.1 Å². The second kappa shape index (κ2) is 15.0. The number of benzene rings is 3. The Bertz CT molecular complexity index is 1550. The van der Waals surface area contributed by atoms with E-state index in [-0.39, 0.29) is 40.6 Å². The van der Waals surface area contributed by atoms with E-state index in [0.717, 1.165) is 48.2 Å². The van der Waals surface area contributed by atoms with Crippen molar-refractivity contribution in [1.82, 2.24) is 10.2 Å². The zero-order chi connectivity index (χ0) is 31.1. The van der Waals surface area contributed by atoms with E-state index in [0.29, 0.717) is 15.6 Å². The average molecular weight is 686 g/mol. The second-order valence-electron chi connectivity index (χ2n) is 10.7. The lowest BCUT2D eigenvalue weighted by molar-refractivity contribution is -0.140. The predicted molar refractivity (Wildman–Crippen MR) is 175 cm³/mol. The van der Waals surface area contributed by atoms with E-state index in [1.165, 1.54) is 23.1 Å². The summed E-state index contributed by atoms with van der Waals surface area (Å²) in [5.74, 6) is -0.914. The van der Waals surface area contributed by atoms with Crippen molar-refractivity contribution in [3.8, 4) is 0 Å². The molecule has 2 amide bonds. The highest BCUT2D eigenvalue weighted by atomic mass is 35.5. The lowest BCUT2D eigenvalue weighted by atomic mass is 9.94. The van der Waals surface area contributed by atoms with Crippen molar-refractivity contribution >= 4 is 73.9 Å². The van der Waals surface area contributed by atoms with Gasteiger partial charge in [0.2, 0.25) is 21.8 Å². The van der Waals surface area contributed by atoms with Crippen molar-refractivity contribution < 1.29 is 18.0 Å². The van der Waals surface area contributed by atoms with Gasteiger partial charge in [-0.05, 0) is 54.3 Å². The smallest absolute Gasteiger partial charge is 0.244 e. The topological polar surface area (TPSA) is 86.8 Å². The molecule has 0 heterocycles. The SMILES string of the molecule is CS(=O)(=O)N(CC(=O)N(Cc1ccc(Cl)c(Cl)c1)[C@H](Cc1ccccc1)C(=O)NC1CCCCC1)c1cc(Cl)ccc1Cl. The minimum absolute atomic E-state index is 0.000706. The standard InChI is InChI=1S/C31H33Cl4N3O4S/c1-43(41,42)38(28-18-23(32)13-15-26(28)34)20-30(39)37(19-22-12-14-25(33)27(35)16-22)29(17-21-8-4-2-5-9-21)31(40)36-24-10-6-3-7-11-24/h2,4-5,8-9,12-16,18,24,29H,3,6-7,10-11,17,19-20H2,1H3,(H,36,40)/t29-/m1/s1. The zero-order valence-corrected chi connectivity index (χ0v) is 27.5. The van der Waals surface area contributed by atoms with Gasteiger partial charge in [-0.3, -0.25) is 13.9 Å². The Labute approximate surface area is 273 Å². The normalized spacial score (nSPS) is 14.6. The van der Waals surface area contributed by atoms with Crippen LogP contribution < -0.4 is 9.62 Å². The van der Waals surface area contributed by atoms with Crippen LogP contribution in [0.5, 0.6) is 0 Å². The van der Waals surface area contributed by atoms with Gasteiger partial charge in [-0.15, -0.1) is 0 Å². The molecule has 1 saturated carbocycles. The summed E-state index contributed by atoms with van der Waals surface area (Å²) in [6.45, 7) is -0.631. The average Bonchev–Trinajstić information content (AvgIpc) is 2.97. The number of hydrogen-bond acceptors (Lipinski definition) is 4. The van der Waals surface area contributed by atoms with Gasteiger partial charge in [0.15, 0.2) is 0 Å². The molecule has 7 nitrogen and oxygen atoms in total. The number of rotatable bonds is 11. The maximum absolute atomic E-state index is 14.3. The van der Waals surface area contributed by atoms with Crippen LogP contribution >= 0.6 is 46.4 Å². The van der Waals surface area contributed by atoms with Crippen molar-refractivity contribution in [1.29, 1.82) is 0 Å². The molecule has 1 N–H and O–H groups in total. The van der Waals surface area contributed by atoms with Crippen molar-refractivity contribution in [3.05, 3.63) is 97.9 Å². The molecule has 0 unspecified atom stereocenters. The van der Waals surface area contributed by atoms with E-state index in [1.54, 1.807) is 18.2 Å². The molecule has 0 aliphatic heterocycles. The first kappa shape index (κ1) is 33.4. The number of hydrogen-bond donors (Lipinski definition) is 1. The summed E-state index contributed by atoms with van der Waals surface area (Å²) in [6, 6.07) is 17.8. The Balaban J connectivity index is 1.76. The summed E-state index contributed by atoms with van der Waals surface area (Å²) in [7, 11) is -3.99. The Morgan fingerprint density at radius 2 is 1.53 bits per heavy atom. The summed E-state index contributed by atoms with van der Waals surface area (Å²) >= 11 is 25.0. The lowest BCUT2D eigenvalue weighted by Gasteiger charge is -2.35. The van der Waals surface area contributed by atoms with Crippen LogP contribution in [0.1, 0.15) is 43.2 Å². The van der Waals surface area contributed by atoms with Crippen LogP contribution in [0.2, 0.25) is 20.1 Å². The fourth-order valence-electron chi connectivity index (χ4n) is 5.20. The summed E-state index contributed by atoms with van der Waals surface area (Å²) in [5, 5.41) is 4.16. The Morgan fingerprint density at radius 1 is 0.860 bits per heavy atom. The van der Waals surface area contributed by atoms with Gasteiger partial charge in [-0.1, -0.05) is 102 Å². The first-order chi connectivity index (χ1) is 20.4. The number of nitrogens with zero attached hydrogens (tertiary/aromatic N) is 2. The maximum Gasteiger partial charge on any atom is 0.244 e. The minimum atomic E-state index is -3.99. The molecule has 3 aromatic carbocycles. The second-order valence-corrected chi connectivity index (χ2v) is 14.2. The quantitative estimate of drug-likeness (QED) is 0.232. The molecule has 1 atom stereocenters. The van der Waals surface area contributed by atoms with Crippen LogP contribution in [-0.2, 0) is 32.6 Å². The van der Waals surface area contributed by atoms with Gasteiger partial charge in [-0.25, -0.2) is 8.42 Å². The summed E-state index contributed by atoms with van der Waals surface area (Å²) < 4.78 is 26.9. The zero-order valence-electron chi connectivity index (χ0n) is 23.6. The molecule has 1 fully saturated rings. The van der Waals surface area contributed by atoms with E-state index in [4.69, 9.17) is 46.4 Å². The summed E-state index contributed by atoms with van der Waals surface area (Å²) in [4.78, 5) is 29.7. The Kier molecular flexibility index (Phi) is 11.6. The summed E-state index contributed by atoms with van der Waals surface area (Å²) in [5.41, 5.74) is 1.53. The molecule has 43 heavy (non-hydrogen) atoms. The molecule has 3 aromatic rings. The molecule has 0 spiro atoms. The van der Waals surface area contributed by atoms with Crippen LogP contribution in [-0.4, -0.2) is 50.0 Å². The number of halogens is 4. The fourth-order valence-corrected chi connectivity index (χ4v) is 6.81. The van der Waals surface area contributed by atoms with E-state index in [2.05, 4.69) is 5.32 Å². The van der Waals surface area contributed by atoms with Crippen molar-refractivity contribution in [2.24, 2.45) is 0 Å². The van der Waals surface area contributed by atoms with Gasteiger partial charge < -0.3 is 10.2 Å². The summed E-state index contributed by atoms with van der Waals surface area (Å²) in [6.07, 6.45) is 6.07. The monoisotopic (exact) mass is 683 g/mol. The third-order valence-corrected chi connectivity index (χ3v) is 9.84. The van der Waals surface area contributed by atoms with E-state index < -0.39 is 28.5 Å². The number of nitrogens with one attached hydrogen (secondary N) is 1. The van der Waals surface area contributed by atoms with Gasteiger partial charge >= 0.3 is 0 Å². The molecule has 0 aromatic heterocycles. The van der Waals surface area contributed by atoms with E-state index in [9.17, 15) is 18.0 Å². The van der Waals surface area contributed by atoms with Crippen LogP contribution in [0.15, 0.2) is 66.7 Å². The highest BCUT2D eigenvalue weighted by molar-refractivity contribution is 7.92. The van der Waals surface area contributed by atoms with Gasteiger partial charge in [-0.2, -0.15) is 0 Å². The molecule has 0 bridgehead atoms. The largest absolute Gasteiger partial charge is 0.352 e. The van der Waals surface area contributed by atoms with Gasteiger partial charge in [0.05, 0.1) is 27.0 Å². The molecular weight excluding hydrogens is 652 g/mol. The molecule has 0 radical (unpaired) electrons. The highest BCUT2D eigenvalue weighted by Gasteiger charge is 2.34. The third-order valence-electron chi connectivity index (χ3n) is 7.42. The van der Waals surface area contributed by atoms with Crippen molar-refractivity contribution in [3.63, 3.8) is 0 Å². The first-order valence-electron chi connectivity index (χ1n) is 13.9. The minimum Gasteiger partial charge on any atom is -0.352 e. The van der Waals surface area contributed by atoms with E-state index >= 15 is 0 Å². The van der Waals surface area contributed by atoms with Crippen LogP contribution in [0.25, 0.3) is 0 Å².